The van der Waals surface area contributed by atoms with Crippen LogP contribution in [-0.4, -0.2) is 28.3 Å². The molecule has 1 aromatic rings. The second-order valence-electron chi connectivity index (χ2n) is 4.48. The molecule has 106 valence electrons. The van der Waals surface area contributed by atoms with E-state index in [1.165, 1.54) is 0 Å². The smallest absolute Gasteiger partial charge is 0.190 e. The first-order chi connectivity index (χ1) is 9.49. The van der Waals surface area contributed by atoms with Crippen LogP contribution in [0.1, 0.15) is 40.5 Å². The van der Waals surface area contributed by atoms with Gasteiger partial charge in [-0.25, -0.2) is 0 Å². The van der Waals surface area contributed by atoms with E-state index >= 15 is 0 Å². The van der Waals surface area contributed by atoms with Gasteiger partial charge in [-0.2, -0.15) is 0 Å². The van der Waals surface area contributed by atoms with Gasteiger partial charge in [0.15, 0.2) is 17.3 Å². The van der Waals surface area contributed by atoms with Crippen LogP contribution in [0.2, 0.25) is 5.02 Å². The lowest BCUT2D eigenvalue weighted by Gasteiger charge is -2.18. The van der Waals surface area contributed by atoms with Crippen LogP contribution in [0.3, 0.4) is 0 Å². The maximum Gasteiger partial charge on any atom is 0.190 e. The third-order valence-electron chi connectivity index (χ3n) is 3.10. The van der Waals surface area contributed by atoms with Crippen molar-refractivity contribution in [2.75, 3.05) is 11.9 Å². The van der Waals surface area contributed by atoms with Crippen molar-refractivity contribution in [3.05, 3.63) is 28.3 Å². The van der Waals surface area contributed by atoms with Crippen LogP contribution < -0.4 is 5.32 Å². The summed E-state index contributed by atoms with van der Waals surface area (Å²) in [6.45, 7) is 2.53. The zero-order chi connectivity index (χ0) is 14.9. The summed E-state index contributed by atoms with van der Waals surface area (Å²) >= 11 is 5.97. The lowest BCUT2D eigenvalue weighted by Crippen LogP contribution is -2.14. The van der Waals surface area contributed by atoms with E-state index in [0.717, 1.165) is 25.0 Å². The minimum Gasteiger partial charge on any atom is -0.505 e. The minimum absolute atomic E-state index is 0.0767. The summed E-state index contributed by atoms with van der Waals surface area (Å²) in [6, 6.07) is 0. The van der Waals surface area contributed by atoms with Crippen LogP contribution in [0.15, 0.2) is 12.2 Å². The van der Waals surface area contributed by atoms with Gasteiger partial charge in [-0.3, -0.25) is 9.59 Å². The molecule has 0 atom stereocenters. The van der Waals surface area contributed by atoms with Crippen LogP contribution in [0, 0.1) is 0 Å². The molecule has 0 aliphatic heterocycles. The fourth-order valence-corrected chi connectivity index (χ4v) is 2.29. The normalized spacial score (nSPS) is 13.5. The third kappa shape index (κ3) is 2.25. The van der Waals surface area contributed by atoms with Gasteiger partial charge in [-0.1, -0.05) is 24.9 Å². The fourth-order valence-electron chi connectivity index (χ4n) is 2.04. The molecule has 1 aromatic carbocycles. The van der Waals surface area contributed by atoms with Crippen molar-refractivity contribution in [2.24, 2.45) is 0 Å². The molecule has 0 saturated heterocycles. The maximum absolute atomic E-state index is 11.8. The van der Waals surface area contributed by atoms with Crippen molar-refractivity contribution in [3.63, 3.8) is 0 Å². The van der Waals surface area contributed by atoms with Gasteiger partial charge < -0.3 is 15.5 Å². The van der Waals surface area contributed by atoms with E-state index < -0.39 is 23.1 Å². The van der Waals surface area contributed by atoms with Gasteiger partial charge in [0.2, 0.25) is 0 Å². The summed E-state index contributed by atoms with van der Waals surface area (Å²) in [5.74, 6) is -1.99. The number of fused-ring (bicyclic) bond motifs is 1. The molecule has 1 aliphatic carbocycles. The van der Waals surface area contributed by atoms with Crippen LogP contribution in [-0.2, 0) is 0 Å². The highest BCUT2D eigenvalue weighted by Gasteiger charge is 2.31. The fraction of sp³-hybridized carbons (Fsp3) is 0.286. The molecule has 0 unspecified atom stereocenters. The van der Waals surface area contributed by atoms with Gasteiger partial charge in [-0.05, 0) is 18.6 Å². The lowest BCUT2D eigenvalue weighted by molar-refractivity contribution is 0.0989. The average Bonchev–Trinajstić information content (AvgIpc) is 2.42. The SMILES string of the molecule is CCCCNc1c(O)c2c(c(O)c1Cl)C(=O)C=CC2=O. The molecule has 0 aromatic heterocycles. The highest BCUT2D eigenvalue weighted by Crippen LogP contribution is 2.46. The molecule has 6 heteroatoms. The van der Waals surface area contributed by atoms with Crippen molar-refractivity contribution < 1.29 is 19.8 Å². The minimum atomic E-state index is -0.561. The van der Waals surface area contributed by atoms with Crippen molar-refractivity contribution >= 4 is 28.9 Å². The Balaban J connectivity index is 2.58. The van der Waals surface area contributed by atoms with E-state index in [9.17, 15) is 19.8 Å². The van der Waals surface area contributed by atoms with Crippen LogP contribution in [0.4, 0.5) is 5.69 Å². The number of phenolic OH excluding ortho intramolecular Hbond substituents is 2. The standard InChI is InChI=1S/C14H14ClNO4/c1-2-3-6-16-12-11(15)13(19)9-7(17)4-5-8(18)10(9)14(12)20/h4-5,16,19-20H,2-3,6H2,1H3. The zero-order valence-electron chi connectivity index (χ0n) is 10.9. The summed E-state index contributed by atoms with van der Waals surface area (Å²) in [5.41, 5.74) is -0.382. The molecule has 0 fully saturated rings. The zero-order valence-corrected chi connectivity index (χ0v) is 11.6. The Morgan fingerprint density at radius 3 is 2.20 bits per heavy atom. The van der Waals surface area contributed by atoms with Crippen molar-refractivity contribution in [2.45, 2.75) is 19.8 Å². The molecular formula is C14H14ClNO4. The number of anilines is 1. The second-order valence-corrected chi connectivity index (χ2v) is 4.86. The number of halogens is 1. The summed E-state index contributed by atoms with van der Waals surface area (Å²) in [6.07, 6.45) is 3.88. The molecule has 2 rings (SSSR count). The lowest BCUT2D eigenvalue weighted by atomic mass is 9.92. The predicted molar refractivity (Wildman–Crippen MR) is 76.0 cm³/mol. The number of allylic oxidation sites excluding steroid dienone is 2. The Morgan fingerprint density at radius 1 is 1.10 bits per heavy atom. The first kappa shape index (κ1) is 14.4. The number of hydrogen-bond donors (Lipinski definition) is 3. The predicted octanol–water partition coefficient (Wildman–Crippen LogP) is 2.90. The van der Waals surface area contributed by atoms with Crippen molar-refractivity contribution in [1.29, 1.82) is 0 Å². The molecule has 0 bridgehead atoms. The first-order valence-electron chi connectivity index (χ1n) is 6.27. The summed E-state index contributed by atoms with van der Waals surface area (Å²) in [5, 5.41) is 22.9. The number of unbranched alkanes of at least 4 members (excludes halogenated alkanes) is 1. The number of nitrogens with one attached hydrogen (secondary N) is 1. The molecule has 0 spiro atoms. The van der Waals surface area contributed by atoms with Gasteiger partial charge in [0, 0.05) is 6.54 Å². The topological polar surface area (TPSA) is 86.6 Å². The number of aromatic hydroxyl groups is 2. The molecule has 1 aliphatic rings. The van der Waals surface area contributed by atoms with E-state index in [1.54, 1.807) is 0 Å². The average molecular weight is 296 g/mol. The second kappa shape index (κ2) is 5.54. The molecule has 5 nitrogen and oxygen atoms in total. The number of benzene rings is 1. The van der Waals surface area contributed by atoms with Crippen LogP contribution in [0.5, 0.6) is 11.5 Å². The van der Waals surface area contributed by atoms with Gasteiger partial charge in [0.1, 0.15) is 16.5 Å². The number of phenols is 2. The van der Waals surface area contributed by atoms with Gasteiger partial charge in [-0.15, -0.1) is 0 Å². The Morgan fingerprint density at radius 2 is 1.65 bits per heavy atom. The first-order valence-corrected chi connectivity index (χ1v) is 6.64. The molecule has 20 heavy (non-hydrogen) atoms. The summed E-state index contributed by atoms with van der Waals surface area (Å²) < 4.78 is 0. The monoisotopic (exact) mass is 295 g/mol. The molecular weight excluding hydrogens is 282 g/mol. The van der Waals surface area contributed by atoms with E-state index in [4.69, 9.17) is 11.6 Å². The van der Waals surface area contributed by atoms with Crippen LogP contribution >= 0.6 is 11.6 Å². The highest BCUT2D eigenvalue weighted by atomic mass is 35.5. The molecule has 0 saturated carbocycles. The Kier molecular flexibility index (Phi) is 3.99. The van der Waals surface area contributed by atoms with E-state index in [-0.39, 0.29) is 21.8 Å². The summed E-state index contributed by atoms with van der Waals surface area (Å²) in [4.78, 5) is 23.6. The third-order valence-corrected chi connectivity index (χ3v) is 3.47. The van der Waals surface area contributed by atoms with Crippen LogP contribution in [0.25, 0.3) is 0 Å². The molecule has 0 radical (unpaired) electrons. The number of carbonyl (C=O) groups excluding carboxylic acids is 2. The van der Waals surface area contributed by atoms with E-state index in [0.29, 0.717) is 6.54 Å². The Hall–Kier alpha value is -2.01. The van der Waals surface area contributed by atoms with Gasteiger partial charge in [0.25, 0.3) is 0 Å². The molecule has 0 heterocycles. The van der Waals surface area contributed by atoms with Crippen molar-refractivity contribution in [3.8, 4) is 11.5 Å². The maximum atomic E-state index is 11.8. The number of ketones is 2. The Labute approximate surface area is 120 Å². The Bertz CT molecular complexity index is 622. The number of rotatable bonds is 4. The largest absolute Gasteiger partial charge is 0.505 e. The van der Waals surface area contributed by atoms with E-state index in [1.807, 2.05) is 6.92 Å². The quantitative estimate of drug-likeness (QED) is 0.452. The van der Waals surface area contributed by atoms with Crippen molar-refractivity contribution in [1.82, 2.24) is 0 Å². The number of carbonyl (C=O) groups is 2. The highest BCUT2D eigenvalue weighted by molar-refractivity contribution is 6.37. The molecule has 0 amide bonds. The van der Waals surface area contributed by atoms with Gasteiger partial charge in [0.05, 0.1) is 11.1 Å². The van der Waals surface area contributed by atoms with Gasteiger partial charge >= 0.3 is 0 Å². The van der Waals surface area contributed by atoms with E-state index in [2.05, 4.69) is 5.32 Å². The number of hydrogen-bond acceptors (Lipinski definition) is 5. The molecule has 3 N–H and O–H groups in total. The summed E-state index contributed by atoms with van der Waals surface area (Å²) in [7, 11) is 0.